The van der Waals surface area contributed by atoms with E-state index >= 15 is 0 Å². The largest absolute Gasteiger partial charge is 0.375 e. The van der Waals surface area contributed by atoms with E-state index in [-0.39, 0.29) is 23.8 Å². The van der Waals surface area contributed by atoms with Crippen molar-refractivity contribution in [3.05, 3.63) is 35.4 Å². The van der Waals surface area contributed by atoms with Gasteiger partial charge in [0.25, 0.3) is 0 Å². The lowest BCUT2D eigenvalue weighted by Crippen LogP contribution is -2.56. The Kier molecular flexibility index (Phi) is 5.42. The van der Waals surface area contributed by atoms with Crippen LogP contribution < -0.4 is 0 Å². The summed E-state index contributed by atoms with van der Waals surface area (Å²) in [5, 5.41) is 0. The molecular weight excluding hydrogens is 316 g/mol. The molecule has 0 radical (unpaired) electrons. The van der Waals surface area contributed by atoms with Crippen molar-refractivity contribution in [2.45, 2.75) is 52.3 Å². The molecule has 136 valence electrons. The third-order valence-corrected chi connectivity index (χ3v) is 4.99. The molecule has 1 fully saturated rings. The summed E-state index contributed by atoms with van der Waals surface area (Å²) in [6.45, 7) is 8.36. The van der Waals surface area contributed by atoms with Gasteiger partial charge in [-0.25, -0.2) is 0 Å². The van der Waals surface area contributed by atoms with Crippen molar-refractivity contribution < 1.29 is 14.3 Å². The van der Waals surface area contributed by atoms with E-state index in [1.807, 2.05) is 37.8 Å². The summed E-state index contributed by atoms with van der Waals surface area (Å²) in [4.78, 5) is 29.7. The summed E-state index contributed by atoms with van der Waals surface area (Å²) in [5.41, 5.74) is 2.33. The molecule has 0 N–H and O–H groups in total. The van der Waals surface area contributed by atoms with Crippen LogP contribution in [0.1, 0.15) is 38.3 Å². The van der Waals surface area contributed by atoms with Crippen molar-refractivity contribution in [2.24, 2.45) is 5.92 Å². The molecule has 25 heavy (non-hydrogen) atoms. The number of hydrogen-bond acceptors (Lipinski definition) is 3. The first kappa shape index (κ1) is 17.9. The Morgan fingerprint density at radius 2 is 1.96 bits per heavy atom. The van der Waals surface area contributed by atoms with Gasteiger partial charge in [0.15, 0.2) is 0 Å². The van der Waals surface area contributed by atoms with Crippen LogP contribution in [0.2, 0.25) is 0 Å². The summed E-state index contributed by atoms with van der Waals surface area (Å²) in [6.07, 6.45) is 1.13. The Balaban J connectivity index is 1.84. The highest BCUT2D eigenvalue weighted by Gasteiger charge is 2.37. The van der Waals surface area contributed by atoms with Gasteiger partial charge in [0.1, 0.15) is 6.04 Å². The van der Waals surface area contributed by atoms with E-state index in [0.717, 1.165) is 5.56 Å². The van der Waals surface area contributed by atoms with Gasteiger partial charge in [0.05, 0.1) is 12.7 Å². The van der Waals surface area contributed by atoms with E-state index in [2.05, 4.69) is 12.1 Å². The topological polar surface area (TPSA) is 49.9 Å². The van der Waals surface area contributed by atoms with Gasteiger partial charge in [-0.3, -0.25) is 9.59 Å². The van der Waals surface area contributed by atoms with Crippen molar-refractivity contribution in [3.8, 4) is 0 Å². The summed E-state index contributed by atoms with van der Waals surface area (Å²) in [6, 6.07) is 7.73. The number of carbonyl (C=O) groups excluding carboxylic acids is 2. The van der Waals surface area contributed by atoms with Gasteiger partial charge < -0.3 is 14.5 Å². The zero-order valence-electron chi connectivity index (χ0n) is 15.4. The van der Waals surface area contributed by atoms with Crippen LogP contribution in [-0.4, -0.2) is 53.5 Å². The standard InChI is InChI=1S/C20H28N2O3/c1-14(2)10-19(23)22-13-17-7-5-4-6-16(17)11-18(22)20(24)21-8-9-25-15(3)12-21/h4-7,14-15,18H,8-13H2,1-3H3/t15-,18+/m0/s1. The number of ether oxygens (including phenoxy) is 1. The third kappa shape index (κ3) is 4.03. The number of hydrogen-bond donors (Lipinski definition) is 0. The predicted octanol–water partition coefficient (Wildman–Crippen LogP) is 2.23. The molecule has 2 atom stereocenters. The summed E-state index contributed by atoms with van der Waals surface area (Å²) >= 11 is 0. The minimum atomic E-state index is -0.397. The van der Waals surface area contributed by atoms with Crippen LogP contribution in [0, 0.1) is 5.92 Å². The first-order valence-electron chi connectivity index (χ1n) is 9.22. The van der Waals surface area contributed by atoms with Gasteiger partial charge >= 0.3 is 0 Å². The van der Waals surface area contributed by atoms with Crippen molar-refractivity contribution in [1.29, 1.82) is 0 Å². The fourth-order valence-electron chi connectivity index (χ4n) is 3.70. The van der Waals surface area contributed by atoms with Crippen molar-refractivity contribution in [2.75, 3.05) is 19.7 Å². The minimum absolute atomic E-state index is 0.0494. The van der Waals surface area contributed by atoms with E-state index in [4.69, 9.17) is 4.74 Å². The third-order valence-electron chi connectivity index (χ3n) is 4.99. The molecule has 0 aromatic heterocycles. The zero-order valence-corrected chi connectivity index (χ0v) is 15.4. The Bertz CT molecular complexity index is 644. The molecule has 0 spiro atoms. The smallest absolute Gasteiger partial charge is 0.245 e. The van der Waals surface area contributed by atoms with E-state index in [9.17, 15) is 9.59 Å². The molecule has 3 rings (SSSR count). The second-order valence-electron chi connectivity index (χ2n) is 7.57. The molecule has 0 bridgehead atoms. The summed E-state index contributed by atoms with van der Waals surface area (Å²) < 4.78 is 5.55. The molecule has 5 nitrogen and oxygen atoms in total. The van der Waals surface area contributed by atoms with E-state index in [1.54, 1.807) is 4.90 Å². The van der Waals surface area contributed by atoms with Crippen LogP contribution in [0.5, 0.6) is 0 Å². The Morgan fingerprint density at radius 1 is 1.24 bits per heavy atom. The van der Waals surface area contributed by atoms with Crippen LogP contribution >= 0.6 is 0 Å². The molecule has 0 aliphatic carbocycles. The fourth-order valence-corrected chi connectivity index (χ4v) is 3.70. The average Bonchev–Trinajstić information content (AvgIpc) is 2.59. The maximum Gasteiger partial charge on any atom is 0.245 e. The first-order chi connectivity index (χ1) is 12.0. The minimum Gasteiger partial charge on any atom is -0.375 e. The van der Waals surface area contributed by atoms with Crippen LogP contribution in [0.15, 0.2) is 24.3 Å². The number of fused-ring (bicyclic) bond motifs is 1. The molecule has 5 heteroatoms. The number of rotatable bonds is 3. The van der Waals surface area contributed by atoms with Crippen molar-refractivity contribution in [1.82, 2.24) is 9.80 Å². The van der Waals surface area contributed by atoms with Gasteiger partial charge in [-0.1, -0.05) is 38.1 Å². The Hall–Kier alpha value is -1.88. The molecule has 1 aromatic rings. The second-order valence-corrected chi connectivity index (χ2v) is 7.57. The fraction of sp³-hybridized carbons (Fsp3) is 0.600. The molecule has 1 aromatic carbocycles. The zero-order chi connectivity index (χ0) is 18.0. The lowest BCUT2D eigenvalue weighted by molar-refractivity contribution is -0.151. The molecule has 1 saturated heterocycles. The van der Waals surface area contributed by atoms with Gasteiger partial charge in [-0.2, -0.15) is 0 Å². The van der Waals surface area contributed by atoms with Crippen LogP contribution in [-0.2, 0) is 27.3 Å². The van der Waals surface area contributed by atoms with Gasteiger partial charge in [0.2, 0.25) is 11.8 Å². The molecule has 0 saturated carbocycles. The molecule has 2 aliphatic rings. The number of amides is 2. The maximum absolute atomic E-state index is 13.2. The van der Waals surface area contributed by atoms with Crippen LogP contribution in [0.25, 0.3) is 0 Å². The molecule has 2 aliphatic heterocycles. The van der Waals surface area contributed by atoms with Gasteiger partial charge in [-0.15, -0.1) is 0 Å². The molecular formula is C20H28N2O3. The average molecular weight is 344 g/mol. The lowest BCUT2D eigenvalue weighted by atomic mass is 9.92. The Labute approximate surface area is 149 Å². The normalized spacial score (nSPS) is 23.5. The maximum atomic E-state index is 13.2. The number of morpholine rings is 1. The van der Waals surface area contributed by atoms with Crippen molar-refractivity contribution in [3.63, 3.8) is 0 Å². The second kappa shape index (κ2) is 7.56. The highest BCUT2D eigenvalue weighted by molar-refractivity contribution is 5.88. The highest BCUT2D eigenvalue weighted by atomic mass is 16.5. The van der Waals surface area contributed by atoms with E-state index < -0.39 is 6.04 Å². The van der Waals surface area contributed by atoms with Crippen molar-refractivity contribution >= 4 is 11.8 Å². The number of benzene rings is 1. The Morgan fingerprint density at radius 3 is 2.64 bits per heavy atom. The molecule has 2 heterocycles. The predicted molar refractivity (Wildman–Crippen MR) is 95.9 cm³/mol. The number of carbonyl (C=O) groups is 2. The van der Waals surface area contributed by atoms with E-state index in [0.29, 0.717) is 39.1 Å². The lowest BCUT2D eigenvalue weighted by Gasteiger charge is -2.40. The highest BCUT2D eigenvalue weighted by Crippen LogP contribution is 2.26. The van der Waals surface area contributed by atoms with Gasteiger partial charge in [-0.05, 0) is 24.0 Å². The summed E-state index contributed by atoms with van der Waals surface area (Å²) in [7, 11) is 0. The van der Waals surface area contributed by atoms with Gasteiger partial charge in [0, 0.05) is 32.5 Å². The van der Waals surface area contributed by atoms with Crippen LogP contribution in [0.3, 0.4) is 0 Å². The SMILES string of the molecule is CC(C)CC(=O)N1Cc2ccccc2C[C@@H]1C(=O)N1CCO[C@@H](C)C1. The molecule has 2 amide bonds. The monoisotopic (exact) mass is 344 g/mol. The first-order valence-corrected chi connectivity index (χ1v) is 9.22. The summed E-state index contributed by atoms with van der Waals surface area (Å²) in [5.74, 6) is 0.412. The quantitative estimate of drug-likeness (QED) is 0.845. The van der Waals surface area contributed by atoms with Crippen LogP contribution in [0.4, 0.5) is 0 Å². The molecule has 0 unspecified atom stereocenters. The van der Waals surface area contributed by atoms with E-state index in [1.165, 1.54) is 5.56 Å². The number of nitrogens with zero attached hydrogens (tertiary/aromatic N) is 2.